The zero-order valence-corrected chi connectivity index (χ0v) is 12.3. The molecule has 0 spiro atoms. The number of hydrogen-bond donors (Lipinski definition) is 1. The Hall–Kier alpha value is -1.37. The van der Waals surface area contributed by atoms with Gasteiger partial charge >= 0.3 is 0 Å². The molecule has 0 aliphatic carbocycles. The molecule has 0 saturated carbocycles. The van der Waals surface area contributed by atoms with Crippen molar-refractivity contribution in [3.8, 4) is 0 Å². The van der Waals surface area contributed by atoms with E-state index < -0.39 is 0 Å². The Morgan fingerprint density at radius 2 is 2.21 bits per heavy atom. The van der Waals surface area contributed by atoms with Gasteiger partial charge in [-0.25, -0.2) is 0 Å². The van der Waals surface area contributed by atoms with E-state index >= 15 is 0 Å². The number of hydrogen-bond acceptors (Lipinski definition) is 5. The summed E-state index contributed by atoms with van der Waals surface area (Å²) in [6.07, 6.45) is 0. The first-order chi connectivity index (χ1) is 9.22. The van der Waals surface area contributed by atoms with Gasteiger partial charge in [0.15, 0.2) is 0 Å². The number of nitrogen functional groups attached to an aromatic ring is 1. The summed E-state index contributed by atoms with van der Waals surface area (Å²) in [5, 5.41) is 3.84. The van der Waals surface area contributed by atoms with Gasteiger partial charge in [-0.05, 0) is 22.9 Å². The molecular weight excluding hydrogens is 280 g/mol. The SMILES string of the molecule is COCCN(Cc1cccs1)C(=O)c1sccc1N. The second-order valence-corrected chi connectivity index (χ2v) is 5.95. The highest BCUT2D eigenvalue weighted by atomic mass is 32.1. The summed E-state index contributed by atoms with van der Waals surface area (Å²) in [7, 11) is 1.63. The standard InChI is InChI=1S/C13H16N2O2S2/c1-17-6-5-15(9-10-3-2-7-18-10)13(16)12-11(14)4-8-19-12/h2-4,7-8H,5-6,9,14H2,1H3. The van der Waals surface area contributed by atoms with Crippen LogP contribution < -0.4 is 5.73 Å². The Balaban J connectivity index is 2.12. The van der Waals surface area contributed by atoms with Gasteiger partial charge in [0.25, 0.3) is 5.91 Å². The van der Waals surface area contributed by atoms with Crippen LogP contribution in [0.3, 0.4) is 0 Å². The van der Waals surface area contributed by atoms with Gasteiger partial charge in [-0.3, -0.25) is 4.79 Å². The highest BCUT2D eigenvalue weighted by Gasteiger charge is 2.19. The molecule has 6 heteroatoms. The van der Waals surface area contributed by atoms with Gasteiger partial charge in [0.2, 0.25) is 0 Å². The van der Waals surface area contributed by atoms with Gasteiger partial charge in [-0.2, -0.15) is 0 Å². The van der Waals surface area contributed by atoms with Crippen LogP contribution in [-0.2, 0) is 11.3 Å². The van der Waals surface area contributed by atoms with Gasteiger partial charge < -0.3 is 15.4 Å². The summed E-state index contributed by atoms with van der Waals surface area (Å²) in [5.41, 5.74) is 6.36. The lowest BCUT2D eigenvalue weighted by atomic mass is 10.3. The normalized spacial score (nSPS) is 10.6. The summed E-state index contributed by atoms with van der Waals surface area (Å²) in [6.45, 7) is 1.67. The molecule has 2 rings (SSSR count). The number of carbonyl (C=O) groups is 1. The minimum Gasteiger partial charge on any atom is -0.397 e. The molecule has 0 unspecified atom stereocenters. The molecule has 19 heavy (non-hydrogen) atoms. The van der Waals surface area contributed by atoms with Crippen LogP contribution in [0.15, 0.2) is 29.0 Å². The van der Waals surface area contributed by atoms with Crippen molar-refractivity contribution in [1.82, 2.24) is 4.90 Å². The van der Waals surface area contributed by atoms with Crippen molar-refractivity contribution in [1.29, 1.82) is 0 Å². The van der Waals surface area contributed by atoms with Crippen LogP contribution in [0, 0.1) is 0 Å². The summed E-state index contributed by atoms with van der Waals surface area (Å²) in [5.74, 6) is -0.0297. The van der Waals surface area contributed by atoms with E-state index in [4.69, 9.17) is 10.5 Å². The van der Waals surface area contributed by atoms with Crippen LogP contribution in [-0.4, -0.2) is 31.1 Å². The van der Waals surface area contributed by atoms with E-state index in [1.54, 1.807) is 29.4 Å². The number of carbonyl (C=O) groups excluding carboxylic acids is 1. The molecular formula is C13H16N2O2S2. The van der Waals surface area contributed by atoms with E-state index in [-0.39, 0.29) is 5.91 Å². The van der Waals surface area contributed by atoms with Gasteiger partial charge in [-0.15, -0.1) is 22.7 Å². The van der Waals surface area contributed by atoms with E-state index in [2.05, 4.69) is 0 Å². The molecule has 4 nitrogen and oxygen atoms in total. The van der Waals surface area contributed by atoms with E-state index in [0.717, 1.165) is 4.88 Å². The molecule has 102 valence electrons. The fraction of sp³-hybridized carbons (Fsp3) is 0.308. The molecule has 2 aromatic rings. The number of ether oxygens (including phenoxy) is 1. The molecule has 0 radical (unpaired) electrons. The Morgan fingerprint density at radius 1 is 1.37 bits per heavy atom. The molecule has 0 aromatic carbocycles. The minimum atomic E-state index is -0.0297. The van der Waals surface area contributed by atoms with E-state index in [1.165, 1.54) is 11.3 Å². The van der Waals surface area contributed by atoms with Gasteiger partial charge in [0, 0.05) is 18.5 Å². The highest BCUT2D eigenvalue weighted by molar-refractivity contribution is 7.12. The van der Waals surface area contributed by atoms with Crippen LogP contribution in [0.4, 0.5) is 5.69 Å². The molecule has 0 saturated heterocycles. The maximum atomic E-state index is 12.5. The molecule has 2 aromatic heterocycles. The highest BCUT2D eigenvalue weighted by Crippen LogP contribution is 2.22. The monoisotopic (exact) mass is 296 g/mol. The topological polar surface area (TPSA) is 55.6 Å². The molecule has 0 aliphatic rings. The zero-order chi connectivity index (χ0) is 13.7. The number of nitrogens with two attached hydrogens (primary N) is 1. The fourth-order valence-electron chi connectivity index (χ4n) is 1.68. The second-order valence-electron chi connectivity index (χ2n) is 4.00. The van der Waals surface area contributed by atoms with Crippen LogP contribution in [0.5, 0.6) is 0 Å². The van der Waals surface area contributed by atoms with Crippen LogP contribution in [0.2, 0.25) is 0 Å². The molecule has 2 heterocycles. The number of anilines is 1. The predicted octanol–water partition coefficient (Wildman–Crippen LogP) is 2.68. The second kappa shape index (κ2) is 6.70. The molecule has 0 atom stereocenters. The summed E-state index contributed by atoms with van der Waals surface area (Å²) in [6, 6.07) is 5.77. The van der Waals surface area contributed by atoms with Crippen molar-refractivity contribution in [2.75, 3.05) is 26.0 Å². The van der Waals surface area contributed by atoms with E-state index in [1.807, 2.05) is 22.9 Å². The van der Waals surface area contributed by atoms with Crippen molar-refractivity contribution in [3.63, 3.8) is 0 Å². The first-order valence-corrected chi connectivity index (χ1v) is 7.62. The van der Waals surface area contributed by atoms with Gasteiger partial charge in [0.05, 0.1) is 18.8 Å². The van der Waals surface area contributed by atoms with Crippen LogP contribution in [0.25, 0.3) is 0 Å². The molecule has 0 fully saturated rings. The van der Waals surface area contributed by atoms with Crippen LogP contribution >= 0.6 is 22.7 Å². The summed E-state index contributed by atoms with van der Waals surface area (Å²) in [4.78, 5) is 16.0. The maximum absolute atomic E-state index is 12.5. The van der Waals surface area contributed by atoms with E-state index in [0.29, 0.717) is 30.3 Å². The van der Waals surface area contributed by atoms with Gasteiger partial charge in [0.1, 0.15) is 4.88 Å². The Bertz CT molecular complexity index is 522. The zero-order valence-electron chi connectivity index (χ0n) is 10.7. The third-order valence-electron chi connectivity index (χ3n) is 2.67. The van der Waals surface area contributed by atoms with Crippen LogP contribution in [0.1, 0.15) is 14.5 Å². The fourth-order valence-corrected chi connectivity index (χ4v) is 3.19. The number of nitrogens with zero attached hydrogens (tertiary/aromatic N) is 1. The Kier molecular flexibility index (Phi) is 4.95. The first-order valence-electron chi connectivity index (χ1n) is 5.86. The summed E-state index contributed by atoms with van der Waals surface area (Å²) >= 11 is 3.02. The smallest absolute Gasteiger partial charge is 0.266 e. The average molecular weight is 296 g/mol. The lowest BCUT2D eigenvalue weighted by Gasteiger charge is -2.21. The molecule has 0 bridgehead atoms. The third-order valence-corrected chi connectivity index (χ3v) is 4.45. The Morgan fingerprint density at radius 3 is 2.79 bits per heavy atom. The average Bonchev–Trinajstić information content (AvgIpc) is 3.05. The van der Waals surface area contributed by atoms with Crippen molar-refractivity contribution in [3.05, 3.63) is 38.7 Å². The van der Waals surface area contributed by atoms with E-state index in [9.17, 15) is 4.79 Å². The Labute approximate surface area is 120 Å². The number of thiophene rings is 2. The lowest BCUT2D eigenvalue weighted by molar-refractivity contribution is 0.0688. The largest absolute Gasteiger partial charge is 0.397 e. The molecule has 0 aliphatic heterocycles. The predicted molar refractivity (Wildman–Crippen MR) is 79.7 cm³/mol. The third kappa shape index (κ3) is 3.56. The maximum Gasteiger partial charge on any atom is 0.266 e. The van der Waals surface area contributed by atoms with Crippen molar-refractivity contribution in [2.24, 2.45) is 0 Å². The lowest BCUT2D eigenvalue weighted by Crippen LogP contribution is -2.33. The quantitative estimate of drug-likeness (QED) is 0.891. The number of amides is 1. The summed E-state index contributed by atoms with van der Waals surface area (Å²) < 4.78 is 5.07. The first kappa shape index (κ1) is 14.0. The minimum absolute atomic E-state index is 0.0297. The van der Waals surface area contributed by atoms with Crippen molar-refractivity contribution < 1.29 is 9.53 Å². The molecule has 2 N–H and O–H groups in total. The molecule has 1 amide bonds. The number of rotatable bonds is 6. The van der Waals surface area contributed by atoms with Crippen molar-refractivity contribution in [2.45, 2.75) is 6.54 Å². The number of methoxy groups -OCH3 is 1. The van der Waals surface area contributed by atoms with Crippen molar-refractivity contribution >= 4 is 34.3 Å². The van der Waals surface area contributed by atoms with Gasteiger partial charge in [-0.1, -0.05) is 6.07 Å².